The van der Waals surface area contributed by atoms with Crippen LogP contribution in [0, 0.1) is 10.5 Å². The van der Waals surface area contributed by atoms with Crippen LogP contribution >= 0.6 is 22.6 Å². The molecule has 2 rings (SSSR count). The molecule has 0 N–H and O–H groups in total. The maximum absolute atomic E-state index is 2.58. The Morgan fingerprint density at radius 1 is 1.10 bits per heavy atom. The molecule has 0 saturated heterocycles. The minimum absolute atomic E-state index is 0.536. The number of allylic oxidation sites excluding steroid dienone is 1. The van der Waals surface area contributed by atoms with Crippen LogP contribution in [0.2, 0.25) is 0 Å². The van der Waals surface area contributed by atoms with Crippen LogP contribution < -0.4 is 4.90 Å². The van der Waals surface area contributed by atoms with Gasteiger partial charge in [-0.3, -0.25) is 0 Å². The number of nitrogens with zero attached hydrogens (tertiary/aromatic N) is 1. The Bertz CT molecular complexity index is 567. The maximum atomic E-state index is 2.58. The molecule has 1 heterocycles. The Balaban J connectivity index is 2.84. The van der Waals surface area contributed by atoms with Crippen molar-refractivity contribution in [3.8, 4) is 0 Å². The number of hydrogen-bond donors (Lipinski definition) is 0. The van der Waals surface area contributed by atoms with Gasteiger partial charge in [0, 0.05) is 27.4 Å². The molecule has 0 radical (unpaired) electrons. The molecule has 0 aromatic heterocycles. The number of anilines is 1. The van der Waals surface area contributed by atoms with E-state index >= 15 is 0 Å². The zero-order chi connectivity index (χ0) is 15.2. The predicted molar refractivity (Wildman–Crippen MR) is 98.7 cm³/mol. The second kappa shape index (κ2) is 5.70. The van der Waals surface area contributed by atoms with E-state index in [1.165, 1.54) is 37.1 Å². The number of benzene rings is 1. The van der Waals surface area contributed by atoms with E-state index in [-0.39, 0.29) is 0 Å². The van der Waals surface area contributed by atoms with E-state index in [9.17, 15) is 0 Å². The van der Waals surface area contributed by atoms with E-state index in [0.29, 0.717) is 12.0 Å². The van der Waals surface area contributed by atoms with Crippen molar-refractivity contribution in [3.63, 3.8) is 0 Å². The molecule has 0 unspecified atom stereocenters. The molecule has 1 aromatic rings. The Labute approximate surface area is 137 Å². The maximum Gasteiger partial charge on any atom is 0.0486 e. The third kappa shape index (κ3) is 2.51. The van der Waals surface area contributed by atoms with Gasteiger partial charge in [-0.05, 0) is 85.9 Å². The summed E-state index contributed by atoms with van der Waals surface area (Å²) in [5.41, 5.74) is 8.89. The number of hydrogen-bond acceptors (Lipinski definition) is 1. The molecule has 20 heavy (non-hydrogen) atoms. The van der Waals surface area contributed by atoms with Gasteiger partial charge in [0.2, 0.25) is 0 Å². The largest absolute Gasteiger partial charge is 0.364 e. The highest BCUT2D eigenvalue weighted by atomic mass is 127. The molecule has 0 atom stereocenters. The van der Waals surface area contributed by atoms with Crippen LogP contribution in [0.1, 0.15) is 64.2 Å². The van der Waals surface area contributed by atoms with E-state index in [0.717, 1.165) is 6.54 Å². The van der Waals surface area contributed by atoms with Crippen molar-refractivity contribution < 1.29 is 0 Å². The standard InChI is InChI=1S/C18H26IN/c1-10(2)15-8-16(19)14(7)17-13(6)12(5)9-20(11(3)4)18(15)17/h8,10-11H,9H2,1-7H3. The summed E-state index contributed by atoms with van der Waals surface area (Å²) < 4.78 is 1.39. The van der Waals surface area contributed by atoms with Crippen molar-refractivity contribution in [2.24, 2.45) is 0 Å². The molecule has 0 fully saturated rings. The van der Waals surface area contributed by atoms with E-state index in [1.807, 2.05) is 0 Å². The third-order valence-electron chi connectivity index (χ3n) is 4.48. The Kier molecular flexibility index (Phi) is 4.53. The van der Waals surface area contributed by atoms with Crippen molar-refractivity contribution in [2.75, 3.05) is 11.4 Å². The van der Waals surface area contributed by atoms with Gasteiger partial charge in [0.25, 0.3) is 0 Å². The first-order chi connectivity index (χ1) is 9.25. The topological polar surface area (TPSA) is 3.24 Å². The lowest BCUT2D eigenvalue weighted by molar-refractivity contribution is 0.694. The van der Waals surface area contributed by atoms with Gasteiger partial charge in [-0.1, -0.05) is 19.4 Å². The van der Waals surface area contributed by atoms with E-state index < -0.39 is 0 Å². The minimum atomic E-state index is 0.536. The van der Waals surface area contributed by atoms with Crippen LogP contribution in [-0.2, 0) is 0 Å². The smallest absolute Gasteiger partial charge is 0.0486 e. The van der Waals surface area contributed by atoms with Crippen LogP contribution in [0.4, 0.5) is 5.69 Å². The first kappa shape index (κ1) is 15.9. The highest BCUT2D eigenvalue weighted by molar-refractivity contribution is 14.1. The Morgan fingerprint density at radius 3 is 2.20 bits per heavy atom. The summed E-state index contributed by atoms with van der Waals surface area (Å²) in [6.07, 6.45) is 0. The van der Waals surface area contributed by atoms with Crippen LogP contribution in [0.3, 0.4) is 0 Å². The number of halogens is 1. The van der Waals surface area contributed by atoms with Crippen molar-refractivity contribution in [2.45, 2.75) is 60.4 Å². The van der Waals surface area contributed by atoms with Crippen LogP contribution in [0.25, 0.3) is 5.57 Å². The van der Waals surface area contributed by atoms with E-state index in [4.69, 9.17) is 0 Å². The third-order valence-corrected chi connectivity index (χ3v) is 5.60. The first-order valence-corrected chi connectivity index (χ1v) is 8.59. The van der Waals surface area contributed by atoms with Crippen molar-refractivity contribution >= 4 is 33.9 Å². The van der Waals surface area contributed by atoms with Gasteiger partial charge in [-0.25, -0.2) is 0 Å². The molecule has 0 spiro atoms. The van der Waals surface area contributed by atoms with Gasteiger partial charge in [-0.2, -0.15) is 0 Å². The van der Waals surface area contributed by atoms with Crippen LogP contribution in [0.15, 0.2) is 11.6 Å². The molecule has 110 valence electrons. The molecule has 0 aliphatic carbocycles. The lowest BCUT2D eigenvalue weighted by atomic mass is 9.86. The Hall–Kier alpha value is -0.510. The van der Waals surface area contributed by atoms with E-state index in [1.54, 1.807) is 0 Å². The summed E-state index contributed by atoms with van der Waals surface area (Å²) in [5.74, 6) is 0.560. The molecule has 0 amide bonds. The van der Waals surface area contributed by atoms with Gasteiger partial charge in [0.1, 0.15) is 0 Å². The average Bonchev–Trinajstić information content (AvgIpc) is 2.36. The molecule has 1 aliphatic heterocycles. The summed E-state index contributed by atoms with van der Waals surface area (Å²) in [6.45, 7) is 17.1. The zero-order valence-electron chi connectivity index (χ0n) is 13.8. The lowest BCUT2D eigenvalue weighted by Gasteiger charge is -2.39. The number of fused-ring (bicyclic) bond motifs is 1. The lowest BCUT2D eigenvalue weighted by Crippen LogP contribution is -2.36. The van der Waals surface area contributed by atoms with Crippen molar-refractivity contribution in [3.05, 3.63) is 31.9 Å². The monoisotopic (exact) mass is 383 g/mol. The predicted octanol–water partition coefficient (Wildman–Crippen LogP) is 5.74. The summed E-state index contributed by atoms with van der Waals surface area (Å²) in [5, 5.41) is 0. The fraction of sp³-hybridized carbons (Fsp3) is 0.556. The molecule has 2 heteroatoms. The summed E-state index contributed by atoms with van der Waals surface area (Å²) in [7, 11) is 0. The highest BCUT2D eigenvalue weighted by Crippen LogP contribution is 2.44. The summed E-state index contributed by atoms with van der Waals surface area (Å²) in [6, 6.07) is 2.93. The quantitative estimate of drug-likeness (QED) is 0.589. The van der Waals surface area contributed by atoms with Crippen LogP contribution in [-0.4, -0.2) is 12.6 Å². The van der Waals surface area contributed by atoms with Gasteiger partial charge >= 0.3 is 0 Å². The minimum Gasteiger partial charge on any atom is -0.364 e. The van der Waals surface area contributed by atoms with Gasteiger partial charge in [0.15, 0.2) is 0 Å². The number of rotatable bonds is 2. The molecule has 1 nitrogen and oxygen atoms in total. The fourth-order valence-electron chi connectivity index (χ4n) is 3.07. The summed E-state index contributed by atoms with van der Waals surface area (Å²) in [4.78, 5) is 2.58. The average molecular weight is 383 g/mol. The molecule has 1 aliphatic rings. The second-order valence-corrected chi connectivity index (χ2v) is 7.74. The SMILES string of the molecule is CC1=C(C)c2c(C)c(I)cc(C(C)C)c2N(C(C)C)C1. The molecular formula is C18H26IN. The highest BCUT2D eigenvalue weighted by Gasteiger charge is 2.28. The van der Waals surface area contributed by atoms with Crippen LogP contribution in [0.5, 0.6) is 0 Å². The van der Waals surface area contributed by atoms with Gasteiger partial charge < -0.3 is 4.90 Å². The zero-order valence-corrected chi connectivity index (χ0v) is 15.9. The van der Waals surface area contributed by atoms with Crippen molar-refractivity contribution in [1.29, 1.82) is 0 Å². The van der Waals surface area contributed by atoms with E-state index in [2.05, 4.69) is 82.0 Å². The second-order valence-electron chi connectivity index (χ2n) is 6.58. The molecule has 1 aromatic carbocycles. The van der Waals surface area contributed by atoms with Gasteiger partial charge in [0.05, 0.1) is 0 Å². The fourth-order valence-corrected chi connectivity index (χ4v) is 3.68. The summed E-state index contributed by atoms with van der Waals surface area (Å²) >= 11 is 2.49. The first-order valence-electron chi connectivity index (χ1n) is 7.52. The normalized spacial score (nSPS) is 15.4. The molecule has 0 saturated carbocycles. The molecular weight excluding hydrogens is 357 g/mol. The molecule has 0 bridgehead atoms. The Morgan fingerprint density at radius 2 is 1.70 bits per heavy atom. The van der Waals surface area contributed by atoms with Crippen molar-refractivity contribution in [1.82, 2.24) is 0 Å². The van der Waals surface area contributed by atoms with Gasteiger partial charge in [-0.15, -0.1) is 0 Å².